The second-order valence-electron chi connectivity index (χ2n) is 9.55. The summed E-state index contributed by atoms with van der Waals surface area (Å²) >= 11 is 0. The molecule has 9 nitrogen and oxygen atoms in total. The molecule has 192 valence electrons. The van der Waals surface area contributed by atoms with Crippen molar-refractivity contribution >= 4 is 17.4 Å². The van der Waals surface area contributed by atoms with Crippen LogP contribution in [0, 0.1) is 6.92 Å². The number of amides is 1. The van der Waals surface area contributed by atoms with E-state index in [1.54, 1.807) is 10.7 Å². The van der Waals surface area contributed by atoms with Crippen molar-refractivity contribution in [3.8, 4) is 22.8 Å². The van der Waals surface area contributed by atoms with Crippen LogP contribution in [-0.2, 0) is 6.54 Å². The summed E-state index contributed by atoms with van der Waals surface area (Å²) in [7, 11) is 0. The third-order valence-corrected chi connectivity index (χ3v) is 6.57. The summed E-state index contributed by atoms with van der Waals surface area (Å²) in [6.45, 7) is 3.56. The van der Waals surface area contributed by atoms with Gasteiger partial charge in [-0.05, 0) is 55.5 Å². The first-order chi connectivity index (χ1) is 18.6. The highest BCUT2D eigenvalue weighted by atomic mass is 16.5. The molecule has 1 saturated carbocycles. The van der Waals surface area contributed by atoms with Gasteiger partial charge in [0.2, 0.25) is 5.88 Å². The van der Waals surface area contributed by atoms with Gasteiger partial charge in [0.1, 0.15) is 11.6 Å². The van der Waals surface area contributed by atoms with Crippen LogP contribution in [0.15, 0.2) is 79.5 Å². The number of aromatic nitrogens is 5. The molecule has 6 rings (SSSR count). The predicted octanol–water partition coefficient (Wildman–Crippen LogP) is 5.09. The number of hydrogen-bond acceptors (Lipinski definition) is 6. The highest BCUT2D eigenvalue weighted by Gasteiger charge is 2.24. The number of imidazole rings is 1. The first kappa shape index (κ1) is 23.7. The molecule has 3 heterocycles. The summed E-state index contributed by atoms with van der Waals surface area (Å²) < 4.78 is 9.96. The molecule has 5 aromatic rings. The number of benzene rings is 2. The van der Waals surface area contributed by atoms with Crippen LogP contribution in [0.25, 0.3) is 16.8 Å². The summed E-state index contributed by atoms with van der Waals surface area (Å²) in [5.41, 5.74) is 4.08. The minimum atomic E-state index is -0.0183. The summed E-state index contributed by atoms with van der Waals surface area (Å²) in [6, 6.07) is 17.6. The molecular weight excluding hydrogens is 478 g/mol. The lowest BCUT2D eigenvalue weighted by molar-refractivity contribution is 0.0950. The van der Waals surface area contributed by atoms with Crippen LogP contribution in [0.5, 0.6) is 11.6 Å². The van der Waals surface area contributed by atoms with E-state index in [4.69, 9.17) is 9.72 Å². The van der Waals surface area contributed by atoms with Gasteiger partial charge in [-0.25, -0.2) is 4.98 Å². The molecule has 0 spiro atoms. The maximum atomic E-state index is 12.6. The molecule has 0 unspecified atom stereocenters. The quantitative estimate of drug-likeness (QED) is 0.256. The zero-order chi connectivity index (χ0) is 25.9. The Morgan fingerprint density at radius 1 is 1.13 bits per heavy atom. The van der Waals surface area contributed by atoms with Gasteiger partial charge >= 0.3 is 0 Å². The molecule has 2 aromatic carbocycles. The Kier molecular flexibility index (Phi) is 6.47. The number of carbonyl (C=O) groups is 1. The Labute approximate surface area is 220 Å². The standard InChI is InChI=1S/C29H29N7O2/c1-20-16-21(8-11-24(20)29(37)33-22-9-10-22)25-18-32-36-26(31-12-5-14-35-15-13-30-19-35)17-27(34-28(25)36)38-23-6-3-2-4-7-23/h2-4,6-8,11,13,15-19,22,31H,5,9-10,12,14H2,1H3,(H,33,37). The first-order valence-electron chi connectivity index (χ1n) is 12.9. The summed E-state index contributed by atoms with van der Waals surface area (Å²) in [5.74, 6) is 1.95. The van der Waals surface area contributed by atoms with Crippen LogP contribution in [-0.4, -0.2) is 42.6 Å². The van der Waals surface area contributed by atoms with Gasteiger partial charge in [0.25, 0.3) is 5.91 Å². The van der Waals surface area contributed by atoms with Gasteiger partial charge in [-0.1, -0.05) is 30.3 Å². The van der Waals surface area contributed by atoms with Gasteiger partial charge in [-0.2, -0.15) is 14.6 Å². The van der Waals surface area contributed by atoms with E-state index >= 15 is 0 Å². The molecule has 1 aliphatic rings. The van der Waals surface area contributed by atoms with Crippen LogP contribution in [0.3, 0.4) is 0 Å². The molecule has 3 aromatic heterocycles. The Morgan fingerprint density at radius 2 is 2.00 bits per heavy atom. The molecule has 0 aliphatic heterocycles. The second-order valence-corrected chi connectivity index (χ2v) is 9.55. The zero-order valence-corrected chi connectivity index (χ0v) is 21.2. The molecule has 1 amide bonds. The van der Waals surface area contributed by atoms with Crippen molar-refractivity contribution in [1.29, 1.82) is 0 Å². The Hall–Kier alpha value is -4.66. The molecule has 38 heavy (non-hydrogen) atoms. The molecule has 0 radical (unpaired) electrons. The number of hydrogen-bond donors (Lipinski definition) is 2. The number of carbonyl (C=O) groups excluding carboxylic acids is 1. The summed E-state index contributed by atoms with van der Waals surface area (Å²) in [5, 5.41) is 11.2. The van der Waals surface area contributed by atoms with Crippen molar-refractivity contribution in [2.45, 2.75) is 38.8 Å². The fraction of sp³-hybridized carbons (Fsp3) is 0.241. The van der Waals surface area contributed by atoms with Gasteiger partial charge in [-0.15, -0.1) is 0 Å². The fourth-order valence-corrected chi connectivity index (χ4v) is 4.41. The van der Waals surface area contributed by atoms with Gasteiger partial charge in [-0.3, -0.25) is 4.79 Å². The zero-order valence-electron chi connectivity index (χ0n) is 21.2. The number of nitrogens with one attached hydrogen (secondary N) is 2. The van der Waals surface area contributed by atoms with Crippen LogP contribution < -0.4 is 15.4 Å². The van der Waals surface area contributed by atoms with E-state index in [1.165, 1.54) is 0 Å². The Bertz CT molecular complexity index is 1560. The maximum absolute atomic E-state index is 12.6. The molecule has 2 N–H and O–H groups in total. The van der Waals surface area contributed by atoms with Crippen molar-refractivity contribution in [3.05, 3.63) is 90.6 Å². The number of nitrogens with zero attached hydrogens (tertiary/aromatic N) is 5. The summed E-state index contributed by atoms with van der Waals surface area (Å²) in [6.07, 6.45) is 10.4. The predicted molar refractivity (Wildman–Crippen MR) is 145 cm³/mol. The number of rotatable bonds is 10. The van der Waals surface area contributed by atoms with Crippen molar-refractivity contribution < 1.29 is 9.53 Å². The lowest BCUT2D eigenvalue weighted by atomic mass is 10.0. The third-order valence-electron chi connectivity index (χ3n) is 6.57. The van der Waals surface area contributed by atoms with E-state index in [-0.39, 0.29) is 5.91 Å². The molecule has 0 atom stereocenters. The average molecular weight is 508 g/mol. The van der Waals surface area contributed by atoms with Crippen LogP contribution in [0.2, 0.25) is 0 Å². The molecule has 0 bridgehead atoms. The molecule has 1 aliphatic carbocycles. The average Bonchev–Trinajstić information content (AvgIpc) is 3.39. The lowest BCUT2D eigenvalue weighted by Gasteiger charge is -2.12. The number of aryl methyl sites for hydroxylation is 2. The van der Waals surface area contributed by atoms with Crippen LogP contribution in [0.1, 0.15) is 35.2 Å². The first-order valence-corrected chi connectivity index (χ1v) is 12.9. The van der Waals surface area contributed by atoms with Gasteiger partial charge in [0, 0.05) is 48.7 Å². The summed E-state index contributed by atoms with van der Waals surface area (Å²) in [4.78, 5) is 21.5. The monoisotopic (exact) mass is 507 g/mol. The molecule has 1 fully saturated rings. The minimum Gasteiger partial charge on any atom is -0.439 e. The van der Waals surface area contributed by atoms with Gasteiger partial charge in [0.15, 0.2) is 5.65 Å². The number of fused-ring (bicyclic) bond motifs is 1. The van der Waals surface area contributed by atoms with Crippen LogP contribution in [0.4, 0.5) is 5.82 Å². The highest BCUT2D eigenvalue weighted by molar-refractivity contribution is 5.97. The third kappa shape index (κ3) is 5.22. The van der Waals surface area contributed by atoms with Crippen molar-refractivity contribution in [2.75, 3.05) is 11.9 Å². The maximum Gasteiger partial charge on any atom is 0.251 e. The molecule has 0 saturated heterocycles. The van der Waals surface area contributed by atoms with Gasteiger partial charge in [0.05, 0.1) is 12.5 Å². The lowest BCUT2D eigenvalue weighted by Crippen LogP contribution is -2.26. The largest absolute Gasteiger partial charge is 0.439 e. The van der Waals surface area contributed by atoms with Crippen molar-refractivity contribution in [1.82, 2.24) is 29.5 Å². The van der Waals surface area contributed by atoms with E-state index in [0.717, 1.165) is 54.9 Å². The van der Waals surface area contributed by atoms with Crippen LogP contribution >= 0.6 is 0 Å². The fourth-order valence-electron chi connectivity index (χ4n) is 4.41. The molecule has 9 heteroatoms. The Morgan fingerprint density at radius 3 is 2.76 bits per heavy atom. The Balaban J connectivity index is 1.30. The number of anilines is 1. The van der Waals surface area contributed by atoms with E-state index in [2.05, 4.69) is 25.3 Å². The van der Waals surface area contributed by atoms with Crippen molar-refractivity contribution in [3.63, 3.8) is 0 Å². The number of ether oxygens (including phenoxy) is 1. The molecular formula is C29H29N7O2. The smallest absolute Gasteiger partial charge is 0.251 e. The van der Waals surface area contributed by atoms with Crippen molar-refractivity contribution in [2.24, 2.45) is 0 Å². The second kappa shape index (κ2) is 10.4. The minimum absolute atomic E-state index is 0.0183. The van der Waals surface area contributed by atoms with E-state index in [1.807, 2.05) is 80.2 Å². The highest BCUT2D eigenvalue weighted by Crippen LogP contribution is 2.31. The van der Waals surface area contributed by atoms with E-state index in [9.17, 15) is 4.79 Å². The topological polar surface area (TPSA) is 98.4 Å². The van der Waals surface area contributed by atoms with E-state index in [0.29, 0.717) is 28.9 Å². The number of para-hydroxylation sites is 1. The normalized spacial score (nSPS) is 13.0. The van der Waals surface area contributed by atoms with E-state index < -0.39 is 0 Å². The SMILES string of the molecule is Cc1cc(-c2cnn3c(NCCCn4ccnc4)cc(Oc4ccccc4)nc23)ccc1C(=O)NC1CC1. The van der Waals surface area contributed by atoms with Gasteiger partial charge < -0.3 is 19.9 Å².